The normalized spacial score (nSPS) is 21.9. The highest BCUT2D eigenvalue weighted by Gasteiger charge is 2.30. The van der Waals surface area contributed by atoms with Crippen LogP contribution in [0.1, 0.15) is 43.1 Å². The van der Waals surface area contributed by atoms with Crippen molar-refractivity contribution < 1.29 is 4.79 Å². The molecular formula is C17H24N2OS. The van der Waals surface area contributed by atoms with E-state index in [1.807, 2.05) is 36.9 Å². The van der Waals surface area contributed by atoms with Gasteiger partial charge < -0.3 is 4.90 Å². The lowest BCUT2D eigenvalue weighted by Gasteiger charge is -2.25. The molecule has 1 fully saturated rings. The highest BCUT2D eigenvalue weighted by atomic mass is 32.2. The maximum Gasteiger partial charge on any atom is 0.164 e. The Morgan fingerprint density at radius 3 is 2.81 bits per heavy atom. The number of amidine groups is 1. The number of rotatable bonds is 4. The molecule has 3 nitrogen and oxygen atoms in total. The third kappa shape index (κ3) is 3.49. The average Bonchev–Trinajstić information content (AvgIpc) is 2.81. The number of benzene rings is 1. The molecule has 2 rings (SSSR count). The molecule has 0 bridgehead atoms. The molecule has 1 aromatic carbocycles. The van der Waals surface area contributed by atoms with E-state index >= 15 is 0 Å². The van der Waals surface area contributed by atoms with Crippen molar-refractivity contribution >= 4 is 28.4 Å². The zero-order valence-corrected chi connectivity index (χ0v) is 14.3. The maximum atomic E-state index is 11.4. The minimum Gasteiger partial charge on any atom is -0.350 e. The number of carbonyl (C=O) groups excluding carboxylic acids is 1. The van der Waals surface area contributed by atoms with Gasteiger partial charge >= 0.3 is 0 Å². The van der Waals surface area contributed by atoms with Gasteiger partial charge in [-0.25, -0.2) is 4.99 Å². The second-order valence-electron chi connectivity index (χ2n) is 5.83. The van der Waals surface area contributed by atoms with Crippen molar-refractivity contribution in [1.82, 2.24) is 4.90 Å². The van der Waals surface area contributed by atoms with E-state index in [0.29, 0.717) is 12.0 Å². The first kappa shape index (κ1) is 16.1. The molecule has 0 saturated carbocycles. The topological polar surface area (TPSA) is 32.7 Å². The summed E-state index contributed by atoms with van der Waals surface area (Å²) in [6.07, 6.45) is 1.19. The summed E-state index contributed by atoms with van der Waals surface area (Å²) < 4.78 is 0. The fraction of sp³-hybridized carbons (Fsp3) is 0.529. The quantitative estimate of drug-likeness (QED) is 0.778. The van der Waals surface area contributed by atoms with E-state index in [9.17, 15) is 4.79 Å². The molecule has 1 heterocycles. The van der Waals surface area contributed by atoms with E-state index in [1.54, 1.807) is 6.92 Å². The molecule has 1 aromatic rings. The Morgan fingerprint density at radius 1 is 1.52 bits per heavy atom. The van der Waals surface area contributed by atoms with Crippen LogP contribution in [0.25, 0.3) is 0 Å². The lowest BCUT2D eigenvalue weighted by Crippen LogP contribution is -2.34. The van der Waals surface area contributed by atoms with Gasteiger partial charge in [0.2, 0.25) is 0 Å². The molecule has 1 aliphatic heterocycles. The molecule has 0 amide bonds. The summed E-state index contributed by atoms with van der Waals surface area (Å²) in [4.78, 5) is 18.5. The van der Waals surface area contributed by atoms with Crippen LogP contribution < -0.4 is 0 Å². The predicted octanol–water partition coefficient (Wildman–Crippen LogP) is 4.28. The Kier molecular flexibility index (Phi) is 5.09. The molecule has 0 aliphatic carbocycles. The van der Waals surface area contributed by atoms with Crippen LogP contribution in [-0.4, -0.2) is 34.7 Å². The predicted molar refractivity (Wildman–Crippen MR) is 91.7 cm³/mol. The molecular weight excluding hydrogens is 280 g/mol. The van der Waals surface area contributed by atoms with Crippen LogP contribution in [0.15, 0.2) is 23.2 Å². The number of hydrogen-bond acceptors (Lipinski definition) is 3. The lowest BCUT2D eigenvalue weighted by molar-refractivity contribution is 0.101. The second-order valence-corrected chi connectivity index (χ2v) is 6.81. The van der Waals surface area contributed by atoms with Crippen LogP contribution in [0.3, 0.4) is 0 Å². The third-order valence-corrected chi connectivity index (χ3v) is 5.45. The number of ketones is 1. The minimum atomic E-state index is 0.0986. The summed E-state index contributed by atoms with van der Waals surface area (Å²) in [5.74, 6) is 1.88. The van der Waals surface area contributed by atoms with Gasteiger partial charge in [0.1, 0.15) is 0 Å². The van der Waals surface area contributed by atoms with Crippen molar-refractivity contribution in [2.75, 3.05) is 12.8 Å². The zero-order chi connectivity index (χ0) is 15.6. The fourth-order valence-electron chi connectivity index (χ4n) is 2.55. The maximum absolute atomic E-state index is 11.4. The molecule has 0 N–H and O–H groups in total. The average molecular weight is 304 g/mol. The summed E-state index contributed by atoms with van der Waals surface area (Å²) in [5.41, 5.74) is 2.76. The van der Waals surface area contributed by atoms with Gasteiger partial charge in [0, 0.05) is 24.4 Å². The monoisotopic (exact) mass is 304 g/mol. The highest BCUT2D eigenvalue weighted by Crippen LogP contribution is 2.31. The van der Waals surface area contributed by atoms with Gasteiger partial charge in [-0.15, -0.1) is 0 Å². The molecule has 1 unspecified atom stereocenters. The molecule has 2 atom stereocenters. The molecule has 114 valence electrons. The third-order valence-electron chi connectivity index (χ3n) is 4.30. The number of carbonyl (C=O) groups is 1. The van der Waals surface area contributed by atoms with Crippen molar-refractivity contribution in [3.63, 3.8) is 0 Å². The van der Waals surface area contributed by atoms with E-state index in [2.05, 4.69) is 25.8 Å². The van der Waals surface area contributed by atoms with Crippen LogP contribution in [0.5, 0.6) is 0 Å². The Hall–Kier alpha value is -1.29. The van der Waals surface area contributed by atoms with E-state index in [-0.39, 0.29) is 5.78 Å². The number of hydrogen-bond donors (Lipinski definition) is 0. The number of aryl methyl sites for hydroxylation is 1. The Balaban J connectivity index is 2.23. The van der Waals surface area contributed by atoms with Gasteiger partial charge in [-0.05, 0) is 43.5 Å². The van der Waals surface area contributed by atoms with Crippen LogP contribution in [-0.2, 0) is 0 Å². The van der Waals surface area contributed by atoms with Crippen molar-refractivity contribution in [2.24, 2.45) is 10.9 Å². The molecule has 4 heteroatoms. The van der Waals surface area contributed by atoms with E-state index in [0.717, 1.165) is 27.7 Å². The van der Waals surface area contributed by atoms with Gasteiger partial charge in [0.15, 0.2) is 11.0 Å². The van der Waals surface area contributed by atoms with Crippen LogP contribution in [0.2, 0.25) is 0 Å². The first-order chi connectivity index (χ1) is 9.93. The van der Waals surface area contributed by atoms with E-state index in [4.69, 9.17) is 4.99 Å². The number of aliphatic imine (C=N–C) groups is 1. The van der Waals surface area contributed by atoms with Crippen LogP contribution in [0, 0.1) is 12.8 Å². The lowest BCUT2D eigenvalue weighted by atomic mass is 10.0. The minimum absolute atomic E-state index is 0.0986. The van der Waals surface area contributed by atoms with Gasteiger partial charge in [0.25, 0.3) is 0 Å². The summed E-state index contributed by atoms with van der Waals surface area (Å²) in [6, 6.07) is 6.30. The number of nitrogens with zero attached hydrogens (tertiary/aromatic N) is 2. The summed E-state index contributed by atoms with van der Waals surface area (Å²) in [7, 11) is 2.13. The van der Waals surface area contributed by atoms with Crippen molar-refractivity contribution in [1.29, 1.82) is 0 Å². The van der Waals surface area contributed by atoms with E-state index in [1.165, 1.54) is 6.42 Å². The largest absolute Gasteiger partial charge is 0.350 e. The van der Waals surface area contributed by atoms with Crippen molar-refractivity contribution in [2.45, 2.75) is 40.2 Å². The van der Waals surface area contributed by atoms with Gasteiger partial charge in [0.05, 0.1) is 5.69 Å². The highest BCUT2D eigenvalue weighted by molar-refractivity contribution is 8.14. The summed E-state index contributed by atoms with van der Waals surface area (Å²) in [5, 5.41) is 1.08. The Labute approximate surface area is 131 Å². The number of Topliss-reactive ketones (excluding diaryl/α,β-unsaturated/α-hetero) is 1. The van der Waals surface area contributed by atoms with Crippen molar-refractivity contribution in [3.05, 3.63) is 29.3 Å². The molecule has 1 saturated heterocycles. The Morgan fingerprint density at radius 2 is 2.24 bits per heavy atom. The smallest absolute Gasteiger partial charge is 0.164 e. The van der Waals surface area contributed by atoms with Gasteiger partial charge in [-0.3, -0.25) is 4.79 Å². The molecule has 0 radical (unpaired) electrons. The first-order valence-corrected chi connectivity index (χ1v) is 8.48. The Bertz CT molecular complexity index is 568. The van der Waals surface area contributed by atoms with Crippen LogP contribution >= 0.6 is 11.8 Å². The SMILES string of the molecule is CCC(C)[C@H]1CSC(=Nc2ccc(C(C)=O)cc2C)N1C. The van der Waals surface area contributed by atoms with E-state index < -0.39 is 0 Å². The molecule has 0 spiro atoms. The van der Waals surface area contributed by atoms with Crippen LogP contribution in [0.4, 0.5) is 5.69 Å². The molecule has 1 aliphatic rings. The van der Waals surface area contributed by atoms with Crippen molar-refractivity contribution in [3.8, 4) is 0 Å². The summed E-state index contributed by atoms with van der Waals surface area (Å²) >= 11 is 1.83. The summed E-state index contributed by atoms with van der Waals surface area (Å²) in [6.45, 7) is 8.15. The molecule has 21 heavy (non-hydrogen) atoms. The van der Waals surface area contributed by atoms with Gasteiger partial charge in [-0.1, -0.05) is 32.0 Å². The first-order valence-electron chi connectivity index (χ1n) is 7.50. The standard InChI is InChI=1S/C17H24N2OS/c1-6-11(2)16-10-21-17(19(16)5)18-15-8-7-14(13(4)20)9-12(15)3/h7-9,11,16H,6,10H2,1-5H3/t11?,16-/m1/s1. The second kappa shape index (κ2) is 6.65. The molecule has 0 aromatic heterocycles. The zero-order valence-electron chi connectivity index (χ0n) is 13.5. The fourth-order valence-corrected chi connectivity index (χ4v) is 3.92. The van der Waals surface area contributed by atoms with Gasteiger partial charge in [-0.2, -0.15) is 0 Å². The number of thioether (sulfide) groups is 1.